The Kier molecular flexibility index (Phi) is 5.15. The topological polar surface area (TPSA) is 57.4 Å². The van der Waals surface area contributed by atoms with Crippen LogP contribution in [0.25, 0.3) is 55.0 Å². The Morgan fingerprint density at radius 3 is 1.80 bits per heavy atom. The van der Waals surface area contributed by atoms with Gasteiger partial charge in [0.25, 0.3) is 0 Å². The molecular weight excluding hydrogens is 535 g/mol. The standard InChI is InChI=1S/C32H13F5N4/c33-26-27(34)29(36)32(30(37)28(26)35)41-22-7-3-1-5-18(22)19-10-12-24-25(31(19)41)20-6-2-4-8-23(20)40(24)21-11-9-16(14-38)13-17(21)15-39/h1-13H. The van der Waals surface area contributed by atoms with Crippen LogP contribution in [0.3, 0.4) is 0 Å². The van der Waals surface area contributed by atoms with Gasteiger partial charge in [0, 0.05) is 21.5 Å². The molecule has 41 heavy (non-hydrogen) atoms. The van der Waals surface area contributed by atoms with Crippen LogP contribution in [0.15, 0.2) is 78.9 Å². The molecule has 0 fully saturated rings. The third-order valence-corrected chi connectivity index (χ3v) is 7.37. The summed E-state index contributed by atoms with van der Waals surface area (Å²) in [6, 6.07) is 26.0. The Labute approximate surface area is 227 Å². The van der Waals surface area contributed by atoms with Gasteiger partial charge < -0.3 is 9.13 Å². The molecule has 0 unspecified atom stereocenters. The zero-order chi connectivity index (χ0) is 28.6. The van der Waals surface area contributed by atoms with E-state index in [1.807, 2.05) is 6.07 Å². The number of para-hydroxylation sites is 2. The lowest BCUT2D eigenvalue weighted by atomic mass is 10.1. The number of hydrogen-bond donors (Lipinski definition) is 0. The fourth-order valence-electron chi connectivity index (χ4n) is 5.68. The minimum atomic E-state index is -2.24. The zero-order valence-corrected chi connectivity index (χ0v) is 20.7. The highest BCUT2D eigenvalue weighted by Crippen LogP contribution is 2.43. The highest BCUT2D eigenvalue weighted by Gasteiger charge is 2.30. The number of nitrogens with zero attached hydrogens (tertiary/aromatic N) is 4. The second kappa shape index (κ2) is 8.67. The van der Waals surface area contributed by atoms with Crippen LogP contribution in [0.1, 0.15) is 11.1 Å². The molecule has 0 aliphatic heterocycles. The van der Waals surface area contributed by atoms with Crippen LogP contribution in [-0.2, 0) is 0 Å². The zero-order valence-electron chi connectivity index (χ0n) is 20.7. The molecule has 0 amide bonds. The van der Waals surface area contributed by atoms with E-state index in [0.29, 0.717) is 43.8 Å². The summed E-state index contributed by atoms with van der Waals surface area (Å²) in [4.78, 5) is 0. The second-order valence-corrected chi connectivity index (χ2v) is 9.44. The highest BCUT2D eigenvalue weighted by atomic mass is 19.2. The molecule has 7 aromatic rings. The van der Waals surface area contributed by atoms with Crippen LogP contribution in [0, 0.1) is 51.7 Å². The van der Waals surface area contributed by atoms with Gasteiger partial charge in [-0.1, -0.05) is 42.5 Å². The third-order valence-electron chi connectivity index (χ3n) is 7.37. The molecule has 0 bridgehead atoms. The van der Waals surface area contributed by atoms with Gasteiger partial charge in [0.1, 0.15) is 11.8 Å². The summed E-state index contributed by atoms with van der Waals surface area (Å²) in [5.74, 6) is -10.2. The van der Waals surface area contributed by atoms with Crippen molar-refractivity contribution in [3.05, 3.63) is 119 Å². The van der Waals surface area contributed by atoms with Gasteiger partial charge in [-0.15, -0.1) is 0 Å². The summed E-state index contributed by atoms with van der Waals surface area (Å²) < 4.78 is 76.6. The number of rotatable bonds is 2. The summed E-state index contributed by atoms with van der Waals surface area (Å²) in [5.41, 5.74) is 1.49. The average Bonchev–Trinajstić information content (AvgIpc) is 3.52. The van der Waals surface area contributed by atoms with Crippen molar-refractivity contribution in [3.63, 3.8) is 0 Å². The Morgan fingerprint density at radius 1 is 0.537 bits per heavy atom. The van der Waals surface area contributed by atoms with Gasteiger partial charge >= 0.3 is 0 Å². The Bertz CT molecular complexity index is 2320. The van der Waals surface area contributed by atoms with Crippen molar-refractivity contribution in [3.8, 4) is 23.5 Å². The van der Waals surface area contributed by atoms with Gasteiger partial charge in [0.2, 0.25) is 5.82 Å². The molecule has 9 heteroatoms. The molecule has 0 atom stereocenters. The van der Waals surface area contributed by atoms with E-state index in [4.69, 9.17) is 0 Å². The molecule has 0 saturated carbocycles. The van der Waals surface area contributed by atoms with E-state index in [9.17, 15) is 23.7 Å². The minimum Gasteiger partial charge on any atom is -0.308 e. The van der Waals surface area contributed by atoms with Crippen LogP contribution >= 0.6 is 0 Å². The number of hydrogen-bond acceptors (Lipinski definition) is 2. The van der Waals surface area contributed by atoms with Crippen molar-refractivity contribution < 1.29 is 22.0 Å². The molecule has 0 radical (unpaired) electrons. The van der Waals surface area contributed by atoms with E-state index in [2.05, 4.69) is 6.07 Å². The molecule has 0 aliphatic rings. The molecular formula is C32H13F5N4. The van der Waals surface area contributed by atoms with E-state index in [1.54, 1.807) is 77.4 Å². The maximum Gasteiger partial charge on any atom is 0.200 e. The summed E-state index contributed by atoms with van der Waals surface area (Å²) in [6.07, 6.45) is 0. The van der Waals surface area contributed by atoms with Crippen LogP contribution in [0.4, 0.5) is 22.0 Å². The quantitative estimate of drug-likeness (QED) is 0.124. The molecule has 7 rings (SSSR count). The predicted molar refractivity (Wildman–Crippen MR) is 144 cm³/mol. The summed E-state index contributed by atoms with van der Waals surface area (Å²) in [6.45, 7) is 0. The normalized spacial score (nSPS) is 11.5. The Hall–Kier alpha value is -5.67. The molecule has 196 valence electrons. The largest absolute Gasteiger partial charge is 0.308 e. The van der Waals surface area contributed by atoms with Gasteiger partial charge in [0.05, 0.1) is 45.0 Å². The molecule has 4 nitrogen and oxygen atoms in total. The summed E-state index contributed by atoms with van der Waals surface area (Å²) in [5, 5.41) is 21.4. The first-order valence-electron chi connectivity index (χ1n) is 12.3. The third kappa shape index (κ3) is 3.17. The SMILES string of the molecule is N#Cc1ccc(-n2c3ccccc3c3c2ccc2c4ccccc4n(-c4c(F)c(F)c(F)c(F)c4F)c23)c(C#N)c1. The van der Waals surface area contributed by atoms with Crippen LogP contribution in [0.5, 0.6) is 0 Å². The smallest absolute Gasteiger partial charge is 0.200 e. The van der Waals surface area contributed by atoms with Gasteiger partial charge in [-0.05, 0) is 36.4 Å². The van der Waals surface area contributed by atoms with Crippen molar-refractivity contribution in [2.45, 2.75) is 0 Å². The molecule has 0 saturated heterocycles. The lowest BCUT2D eigenvalue weighted by Crippen LogP contribution is -2.09. The lowest BCUT2D eigenvalue weighted by Gasteiger charge is -2.13. The van der Waals surface area contributed by atoms with Gasteiger partial charge in [-0.3, -0.25) is 0 Å². The van der Waals surface area contributed by atoms with E-state index >= 15 is 8.78 Å². The maximum atomic E-state index is 15.4. The van der Waals surface area contributed by atoms with Crippen molar-refractivity contribution >= 4 is 43.6 Å². The van der Waals surface area contributed by atoms with Gasteiger partial charge in [-0.25, -0.2) is 22.0 Å². The first-order valence-corrected chi connectivity index (χ1v) is 12.3. The van der Waals surface area contributed by atoms with Crippen molar-refractivity contribution in [2.24, 2.45) is 0 Å². The monoisotopic (exact) mass is 548 g/mol. The minimum absolute atomic E-state index is 0.215. The van der Waals surface area contributed by atoms with Crippen molar-refractivity contribution in [2.75, 3.05) is 0 Å². The van der Waals surface area contributed by atoms with Crippen LogP contribution < -0.4 is 0 Å². The predicted octanol–water partition coefficient (Wildman–Crippen LogP) is 8.32. The van der Waals surface area contributed by atoms with Crippen molar-refractivity contribution in [1.29, 1.82) is 10.5 Å². The van der Waals surface area contributed by atoms with E-state index < -0.39 is 34.8 Å². The molecule has 0 aliphatic carbocycles. The van der Waals surface area contributed by atoms with E-state index in [0.717, 1.165) is 4.57 Å². The fourth-order valence-corrected chi connectivity index (χ4v) is 5.68. The number of aromatic nitrogens is 2. The number of fused-ring (bicyclic) bond motifs is 7. The van der Waals surface area contributed by atoms with E-state index in [-0.39, 0.29) is 16.6 Å². The van der Waals surface area contributed by atoms with Gasteiger partial charge in [0.15, 0.2) is 23.3 Å². The Balaban J connectivity index is 1.75. The first-order chi connectivity index (χ1) is 19.9. The second-order valence-electron chi connectivity index (χ2n) is 9.44. The summed E-state index contributed by atoms with van der Waals surface area (Å²) in [7, 11) is 0. The van der Waals surface area contributed by atoms with Crippen LogP contribution in [-0.4, -0.2) is 9.13 Å². The molecule has 0 N–H and O–H groups in total. The number of halogens is 5. The number of benzene rings is 5. The first kappa shape index (κ1) is 24.4. The maximum absolute atomic E-state index is 15.4. The lowest BCUT2D eigenvalue weighted by molar-refractivity contribution is 0.376. The molecule has 0 spiro atoms. The Morgan fingerprint density at radius 2 is 1.15 bits per heavy atom. The molecule has 2 heterocycles. The molecule has 2 aromatic heterocycles. The van der Waals surface area contributed by atoms with Crippen molar-refractivity contribution in [1.82, 2.24) is 9.13 Å². The average molecular weight is 548 g/mol. The highest BCUT2D eigenvalue weighted by molar-refractivity contribution is 6.26. The number of nitriles is 2. The van der Waals surface area contributed by atoms with Gasteiger partial charge in [-0.2, -0.15) is 10.5 Å². The summed E-state index contributed by atoms with van der Waals surface area (Å²) >= 11 is 0. The molecule has 5 aromatic carbocycles. The van der Waals surface area contributed by atoms with Crippen LogP contribution in [0.2, 0.25) is 0 Å². The fraction of sp³-hybridized carbons (Fsp3) is 0. The van der Waals surface area contributed by atoms with E-state index in [1.165, 1.54) is 6.07 Å².